The molecule has 5 heteroatoms. The summed E-state index contributed by atoms with van der Waals surface area (Å²) in [6.07, 6.45) is 4.45. The van der Waals surface area contributed by atoms with Gasteiger partial charge in [-0.2, -0.15) is 0 Å². The third-order valence-corrected chi connectivity index (χ3v) is 4.67. The average molecular weight is 287 g/mol. The van der Waals surface area contributed by atoms with Crippen molar-refractivity contribution in [2.24, 2.45) is 0 Å². The van der Waals surface area contributed by atoms with E-state index in [0.717, 1.165) is 28.6 Å². The van der Waals surface area contributed by atoms with Crippen molar-refractivity contribution < 1.29 is 4.79 Å². The van der Waals surface area contributed by atoms with E-state index in [0.29, 0.717) is 0 Å². The number of carbonyl (C=O) groups is 1. The Kier molecular flexibility index (Phi) is 5.03. The van der Waals surface area contributed by atoms with E-state index in [1.807, 2.05) is 19.1 Å². The molecule has 0 saturated carbocycles. The summed E-state index contributed by atoms with van der Waals surface area (Å²) in [6.45, 7) is 2.94. The van der Waals surface area contributed by atoms with E-state index >= 15 is 0 Å². The Morgan fingerprint density at radius 1 is 1.50 bits per heavy atom. The van der Waals surface area contributed by atoms with E-state index in [2.05, 4.69) is 10.6 Å². The summed E-state index contributed by atoms with van der Waals surface area (Å²) in [6, 6.07) is 3.83. The van der Waals surface area contributed by atoms with Crippen molar-refractivity contribution in [1.29, 1.82) is 0 Å². The van der Waals surface area contributed by atoms with Crippen molar-refractivity contribution in [2.45, 2.75) is 44.7 Å². The number of nitrogens with one attached hydrogen (secondary N) is 2. The maximum Gasteiger partial charge on any atom is 0.237 e. The van der Waals surface area contributed by atoms with E-state index in [1.54, 1.807) is 0 Å². The normalized spacial score (nSPS) is 22.2. The summed E-state index contributed by atoms with van der Waals surface area (Å²) in [5.41, 5.74) is 0. The summed E-state index contributed by atoms with van der Waals surface area (Å²) in [5.74, 6) is 0.105. The van der Waals surface area contributed by atoms with Crippen LogP contribution in [-0.4, -0.2) is 18.5 Å². The molecule has 0 radical (unpaired) electrons. The van der Waals surface area contributed by atoms with Gasteiger partial charge in [-0.3, -0.25) is 4.79 Å². The Labute approximate surface area is 117 Å². The first-order valence-electron chi connectivity index (χ1n) is 6.46. The molecule has 0 bridgehead atoms. The molecule has 18 heavy (non-hydrogen) atoms. The third-order valence-electron chi connectivity index (χ3n) is 3.26. The van der Waals surface area contributed by atoms with Crippen molar-refractivity contribution in [3.05, 3.63) is 21.3 Å². The maximum absolute atomic E-state index is 12.1. The van der Waals surface area contributed by atoms with E-state index < -0.39 is 0 Å². The molecule has 1 amide bonds. The van der Waals surface area contributed by atoms with Crippen LogP contribution in [0.15, 0.2) is 12.1 Å². The summed E-state index contributed by atoms with van der Waals surface area (Å²) in [4.78, 5) is 13.2. The topological polar surface area (TPSA) is 41.1 Å². The van der Waals surface area contributed by atoms with Crippen LogP contribution >= 0.6 is 22.9 Å². The van der Waals surface area contributed by atoms with Crippen LogP contribution in [0.5, 0.6) is 0 Å². The molecule has 2 heterocycles. The van der Waals surface area contributed by atoms with Crippen LogP contribution in [-0.2, 0) is 4.79 Å². The number of rotatable bonds is 3. The molecule has 2 atom stereocenters. The van der Waals surface area contributed by atoms with Gasteiger partial charge in [-0.15, -0.1) is 11.3 Å². The molecule has 1 aromatic heterocycles. The lowest BCUT2D eigenvalue weighted by Crippen LogP contribution is -2.44. The first-order chi connectivity index (χ1) is 8.66. The Balaban J connectivity index is 1.89. The van der Waals surface area contributed by atoms with Crippen molar-refractivity contribution in [1.82, 2.24) is 10.6 Å². The van der Waals surface area contributed by atoms with Gasteiger partial charge in [0.1, 0.15) is 0 Å². The SMILES string of the molecule is CC(NC(=O)C1CCCCCN1)c1ccc(Cl)s1. The Morgan fingerprint density at radius 2 is 2.33 bits per heavy atom. The highest BCUT2D eigenvalue weighted by Gasteiger charge is 2.21. The molecule has 2 unspecified atom stereocenters. The molecule has 2 rings (SSSR count). The average Bonchev–Trinajstić information content (AvgIpc) is 2.63. The van der Waals surface area contributed by atoms with Crippen LogP contribution in [0, 0.1) is 0 Å². The van der Waals surface area contributed by atoms with Gasteiger partial charge in [-0.1, -0.05) is 24.4 Å². The zero-order chi connectivity index (χ0) is 13.0. The Bertz CT molecular complexity index is 399. The summed E-state index contributed by atoms with van der Waals surface area (Å²) >= 11 is 7.42. The zero-order valence-corrected chi connectivity index (χ0v) is 12.1. The van der Waals surface area contributed by atoms with Gasteiger partial charge in [0.25, 0.3) is 0 Å². The predicted molar refractivity (Wildman–Crippen MR) is 76.1 cm³/mol. The van der Waals surface area contributed by atoms with Crippen LogP contribution in [0.3, 0.4) is 0 Å². The molecule has 1 fully saturated rings. The lowest BCUT2D eigenvalue weighted by atomic mass is 10.1. The van der Waals surface area contributed by atoms with Crippen molar-refractivity contribution >= 4 is 28.8 Å². The molecule has 1 saturated heterocycles. The second kappa shape index (κ2) is 6.55. The molecular formula is C13H19ClN2OS. The minimum atomic E-state index is -0.0367. The van der Waals surface area contributed by atoms with Gasteiger partial charge < -0.3 is 10.6 Å². The number of amides is 1. The maximum atomic E-state index is 12.1. The van der Waals surface area contributed by atoms with Gasteiger partial charge in [0.05, 0.1) is 16.4 Å². The van der Waals surface area contributed by atoms with E-state index in [4.69, 9.17) is 11.6 Å². The molecular weight excluding hydrogens is 268 g/mol. The fourth-order valence-electron chi connectivity index (χ4n) is 2.20. The van der Waals surface area contributed by atoms with Gasteiger partial charge in [0.2, 0.25) is 5.91 Å². The number of hydrogen-bond acceptors (Lipinski definition) is 3. The molecule has 2 N–H and O–H groups in total. The van der Waals surface area contributed by atoms with Gasteiger partial charge >= 0.3 is 0 Å². The lowest BCUT2D eigenvalue weighted by molar-refractivity contribution is -0.123. The molecule has 1 aliphatic rings. The summed E-state index contributed by atoms with van der Waals surface area (Å²) in [5, 5.41) is 6.37. The monoisotopic (exact) mass is 286 g/mol. The van der Waals surface area contributed by atoms with E-state index in [9.17, 15) is 4.79 Å². The van der Waals surface area contributed by atoms with Gasteiger partial charge in [-0.05, 0) is 38.4 Å². The van der Waals surface area contributed by atoms with Gasteiger partial charge in [0, 0.05) is 4.88 Å². The van der Waals surface area contributed by atoms with Gasteiger partial charge in [-0.25, -0.2) is 0 Å². The van der Waals surface area contributed by atoms with Crippen LogP contribution in [0.4, 0.5) is 0 Å². The quantitative estimate of drug-likeness (QED) is 0.896. The fourth-order valence-corrected chi connectivity index (χ4v) is 3.26. The Morgan fingerprint density at radius 3 is 3.06 bits per heavy atom. The van der Waals surface area contributed by atoms with Crippen molar-refractivity contribution in [3.8, 4) is 0 Å². The van der Waals surface area contributed by atoms with Crippen molar-refractivity contribution in [2.75, 3.05) is 6.54 Å². The zero-order valence-electron chi connectivity index (χ0n) is 10.5. The molecule has 0 aliphatic carbocycles. The number of hydrogen-bond donors (Lipinski definition) is 2. The van der Waals surface area contributed by atoms with E-state index in [-0.39, 0.29) is 18.0 Å². The van der Waals surface area contributed by atoms with Crippen LogP contribution in [0.2, 0.25) is 4.34 Å². The third kappa shape index (κ3) is 3.70. The first kappa shape index (κ1) is 13.8. The minimum Gasteiger partial charge on any atom is -0.347 e. The lowest BCUT2D eigenvalue weighted by Gasteiger charge is -2.19. The van der Waals surface area contributed by atoms with Crippen LogP contribution < -0.4 is 10.6 Å². The highest BCUT2D eigenvalue weighted by molar-refractivity contribution is 7.16. The molecule has 3 nitrogen and oxygen atoms in total. The Hall–Kier alpha value is -0.580. The molecule has 1 aromatic rings. The predicted octanol–water partition coefficient (Wildman–Crippen LogP) is 3.11. The summed E-state index contributed by atoms with van der Waals surface area (Å²) in [7, 11) is 0. The molecule has 0 aromatic carbocycles. The first-order valence-corrected chi connectivity index (χ1v) is 7.65. The van der Waals surface area contributed by atoms with Crippen LogP contribution in [0.1, 0.15) is 43.5 Å². The van der Waals surface area contributed by atoms with Crippen molar-refractivity contribution in [3.63, 3.8) is 0 Å². The highest BCUT2D eigenvalue weighted by Crippen LogP contribution is 2.26. The number of thiophene rings is 1. The smallest absolute Gasteiger partial charge is 0.237 e. The van der Waals surface area contributed by atoms with E-state index in [1.165, 1.54) is 24.2 Å². The number of carbonyl (C=O) groups excluding carboxylic acids is 1. The molecule has 1 aliphatic heterocycles. The van der Waals surface area contributed by atoms with Gasteiger partial charge in [0.15, 0.2) is 0 Å². The second-order valence-corrected chi connectivity index (χ2v) is 6.47. The second-order valence-electron chi connectivity index (χ2n) is 4.73. The molecule has 100 valence electrons. The largest absolute Gasteiger partial charge is 0.347 e. The fraction of sp³-hybridized carbons (Fsp3) is 0.615. The van der Waals surface area contributed by atoms with Crippen LogP contribution in [0.25, 0.3) is 0 Å². The number of halogens is 1. The standard InChI is InChI=1S/C13H19ClN2OS/c1-9(11-6-7-12(14)18-11)16-13(17)10-5-3-2-4-8-15-10/h6-7,9-10,15H,2-5,8H2,1H3,(H,16,17). The minimum absolute atomic E-state index is 0.0278. The summed E-state index contributed by atoms with van der Waals surface area (Å²) < 4.78 is 0.763. The molecule has 0 spiro atoms. The highest BCUT2D eigenvalue weighted by atomic mass is 35.5.